The lowest BCUT2D eigenvalue weighted by atomic mass is 10.1. The molecule has 6 nitrogen and oxygen atoms in total. The van der Waals surface area contributed by atoms with Gasteiger partial charge >= 0.3 is 0 Å². The van der Waals surface area contributed by atoms with Gasteiger partial charge in [-0.3, -0.25) is 4.79 Å². The normalized spacial score (nSPS) is 14.5. The van der Waals surface area contributed by atoms with Gasteiger partial charge in [0.2, 0.25) is 0 Å². The molecule has 1 amide bonds. The molecule has 1 N–H and O–H groups in total. The van der Waals surface area contributed by atoms with Crippen molar-refractivity contribution in [3.05, 3.63) is 53.6 Å². The lowest BCUT2D eigenvalue weighted by molar-refractivity contribution is 0.0664. The number of hydrogen-bond acceptors (Lipinski definition) is 5. The number of benzene rings is 2. The number of ether oxygens (including phenoxy) is 2. The van der Waals surface area contributed by atoms with Crippen LogP contribution in [-0.4, -0.2) is 62.7 Å². The maximum Gasteiger partial charge on any atom is 0.253 e. The molecule has 1 saturated heterocycles. The van der Waals surface area contributed by atoms with Crippen molar-refractivity contribution < 1.29 is 14.3 Å². The van der Waals surface area contributed by atoms with Crippen LogP contribution in [-0.2, 0) is 6.54 Å². The highest BCUT2D eigenvalue weighted by Gasteiger charge is 2.20. The maximum absolute atomic E-state index is 12.7. The van der Waals surface area contributed by atoms with E-state index in [-0.39, 0.29) is 5.91 Å². The Balaban J connectivity index is 1.54. The SMILES string of the molecule is COc1cc(CNc2ccc(C(=O)N3CCN(C)CC3)cc2)ccc1OCCC(C)C. The minimum Gasteiger partial charge on any atom is -0.493 e. The molecule has 0 radical (unpaired) electrons. The summed E-state index contributed by atoms with van der Waals surface area (Å²) < 4.78 is 11.4. The fourth-order valence-corrected chi connectivity index (χ4v) is 3.47. The van der Waals surface area contributed by atoms with E-state index < -0.39 is 0 Å². The summed E-state index contributed by atoms with van der Waals surface area (Å²) in [5, 5.41) is 3.41. The van der Waals surface area contributed by atoms with Crippen LogP contribution in [0.15, 0.2) is 42.5 Å². The average molecular weight is 426 g/mol. The molecular formula is C25H35N3O3. The summed E-state index contributed by atoms with van der Waals surface area (Å²) in [4.78, 5) is 16.8. The first-order valence-electron chi connectivity index (χ1n) is 11.1. The van der Waals surface area contributed by atoms with Gasteiger partial charge in [-0.2, -0.15) is 0 Å². The molecule has 168 valence electrons. The molecule has 2 aromatic carbocycles. The molecule has 1 fully saturated rings. The summed E-state index contributed by atoms with van der Waals surface area (Å²) in [7, 11) is 3.75. The number of rotatable bonds is 9. The highest BCUT2D eigenvalue weighted by atomic mass is 16.5. The van der Waals surface area contributed by atoms with E-state index in [9.17, 15) is 4.79 Å². The summed E-state index contributed by atoms with van der Waals surface area (Å²) in [6, 6.07) is 13.7. The van der Waals surface area contributed by atoms with Crippen molar-refractivity contribution in [2.24, 2.45) is 5.92 Å². The van der Waals surface area contributed by atoms with Crippen molar-refractivity contribution >= 4 is 11.6 Å². The second-order valence-corrected chi connectivity index (χ2v) is 8.54. The van der Waals surface area contributed by atoms with Crippen molar-refractivity contribution in [2.45, 2.75) is 26.8 Å². The smallest absolute Gasteiger partial charge is 0.253 e. The van der Waals surface area contributed by atoms with E-state index >= 15 is 0 Å². The number of likely N-dealkylation sites (N-methyl/N-ethyl adjacent to an activating group) is 1. The largest absolute Gasteiger partial charge is 0.493 e. The van der Waals surface area contributed by atoms with Crippen LogP contribution in [0.2, 0.25) is 0 Å². The van der Waals surface area contributed by atoms with Gasteiger partial charge in [0, 0.05) is 44.0 Å². The number of hydrogen-bond donors (Lipinski definition) is 1. The second kappa shape index (κ2) is 11.0. The summed E-state index contributed by atoms with van der Waals surface area (Å²) in [6.45, 7) is 9.14. The first-order chi connectivity index (χ1) is 15.0. The molecule has 0 aliphatic carbocycles. The van der Waals surface area contributed by atoms with Gasteiger partial charge in [0.15, 0.2) is 11.5 Å². The molecule has 0 saturated carbocycles. The highest BCUT2D eigenvalue weighted by Crippen LogP contribution is 2.29. The number of methoxy groups -OCH3 is 1. The molecule has 0 spiro atoms. The molecule has 0 aromatic heterocycles. The quantitative estimate of drug-likeness (QED) is 0.655. The average Bonchev–Trinajstić information content (AvgIpc) is 2.78. The van der Waals surface area contributed by atoms with E-state index in [0.717, 1.165) is 60.9 Å². The third-order valence-corrected chi connectivity index (χ3v) is 5.60. The van der Waals surface area contributed by atoms with E-state index in [1.807, 2.05) is 47.4 Å². The fourth-order valence-electron chi connectivity index (χ4n) is 3.47. The van der Waals surface area contributed by atoms with E-state index in [1.54, 1.807) is 7.11 Å². The molecule has 1 aliphatic rings. The molecule has 0 unspecified atom stereocenters. The Hall–Kier alpha value is -2.73. The van der Waals surface area contributed by atoms with Crippen LogP contribution in [0.1, 0.15) is 36.2 Å². The topological polar surface area (TPSA) is 54.0 Å². The Kier molecular flexibility index (Phi) is 8.18. The molecule has 31 heavy (non-hydrogen) atoms. The van der Waals surface area contributed by atoms with E-state index in [0.29, 0.717) is 19.1 Å². The minimum absolute atomic E-state index is 0.109. The van der Waals surface area contributed by atoms with Gasteiger partial charge in [-0.15, -0.1) is 0 Å². The van der Waals surface area contributed by atoms with Crippen LogP contribution < -0.4 is 14.8 Å². The van der Waals surface area contributed by atoms with E-state index in [2.05, 4.69) is 31.1 Å². The van der Waals surface area contributed by atoms with Gasteiger partial charge in [0.25, 0.3) is 5.91 Å². The Morgan fingerprint density at radius 1 is 1.03 bits per heavy atom. The molecule has 1 heterocycles. The van der Waals surface area contributed by atoms with Crippen molar-refractivity contribution in [3.8, 4) is 11.5 Å². The monoisotopic (exact) mass is 425 g/mol. The lowest BCUT2D eigenvalue weighted by Gasteiger charge is -2.32. The zero-order valence-corrected chi connectivity index (χ0v) is 19.2. The Morgan fingerprint density at radius 2 is 1.74 bits per heavy atom. The van der Waals surface area contributed by atoms with Crippen LogP contribution >= 0.6 is 0 Å². The summed E-state index contributed by atoms with van der Waals surface area (Å²) in [5.74, 6) is 2.24. The Morgan fingerprint density at radius 3 is 2.39 bits per heavy atom. The lowest BCUT2D eigenvalue weighted by Crippen LogP contribution is -2.47. The van der Waals surface area contributed by atoms with Crippen LogP contribution in [0.3, 0.4) is 0 Å². The van der Waals surface area contributed by atoms with Crippen LogP contribution in [0.4, 0.5) is 5.69 Å². The molecule has 1 aliphatic heterocycles. The predicted molar refractivity (Wildman–Crippen MR) is 125 cm³/mol. The summed E-state index contributed by atoms with van der Waals surface area (Å²) >= 11 is 0. The number of carbonyl (C=O) groups excluding carboxylic acids is 1. The van der Waals surface area contributed by atoms with Gasteiger partial charge in [-0.25, -0.2) is 0 Å². The standard InChI is InChI=1S/C25H35N3O3/c1-19(2)11-16-31-23-10-5-20(17-24(23)30-4)18-26-22-8-6-21(7-9-22)25(29)28-14-12-27(3)13-15-28/h5-10,17,19,26H,11-16,18H2,1-4H3. The van der Waals surface area contributed by atoms with Gasteiger partial charge < -0.3 is 24.6 Å². The number of nitrogens with zero attached hydrogens (tertiary/aromatic N) is 2. The van der Waals surface area contributed by atoms with Crippen LogP contribution in [0, 0.1) is 5.92 Å². The van der Waals surface area contributed by atoms with Gasteiger partial charge in [0.05, 0.1) is 13.7 Å². The Bertz CT molecular complexity index is 844. The van der Waals surface area contributed by atoms with Crippen molar-refractivity contribution in [3.63, 3.8) is 0 Å². The van der Waals surface area contributed by atoms with Crippen molar-refractivity contribution in [1.82, 2.24) is 9.80 Å². The van der Waals surface area contributed by atoms with Gasteiger partial charge in [-0.1, -0.05) is 19.9 Å². The zero-order valence-electron chi connectivity index (χ0n) is 19.2. The number of nitrogens with one attached hydrogen (secondary N) is 1. The zero-order chi connectivity index (χ0) is 22.2. The van der Waals surface area contributed by atoms with Crippen LogP contribution in [0.5, 0.6) is 11.5 Å². The van der Waals surface area contributed by atoms with Crippen LogP contribution in [0.25, 0.3) is 0 Å². The highest BCUT2D eigenvalue weighted by molar-refractivity contribution is 5.94. The summed E-state index contributed by atoms with van der Waals surface area (Å²) in [6.07, 6.45) is 1.01. The Labute approximate surface area is 186 Å². The molecule has 0 atom stereocenters. The number of piperazine rings is 1. The first-order valence-corrected chi connectivity index (χ1v) is 11.1. The summed E-state index contributed by atoms with van der Waals surface area (Å²) in [5.41, 5.74) is 2.82. The molecule has 3 rings (SSSR count). The predicted octanol–water partition coefficient (Wildman–Crippen LogP) is 4.12. The minimum atomic E-state index is 0.109. The third kappa shape index (κ3) is 6.62. The van der Waals surface area contributed by atoms with Crippen molar-refractivity contribution in [2.75, 3.05) is 52.3 Å². The number of carbonyl (C=O) groups is 1. The fraction of sp³-hybridized carbons (Fsp3) is 0.480. The first kappa shape index (κ1) is 22.9. The molecule has 2 aromatic rings. The molecule has 0 bridgehead atoms. The number of amides is 1. The number of anilines is 1. The molecule has 6 heteroatoms. The van der Waals surface area contributed by atoms with E-state index in [1.165, 1.54) is 0 Å². The van der Waals surface area contributed by atoms with E-state index in [4.69, 9.17) is 9.47 Å². The second-order valence-electron chi connectivity index (χ2n) is 8.54. The maximum atomic E-state index is 12.7. The van der Waals surface area contributed by atoms with Gasteiger partial charge in [0.1, 0.15) is 0 Å². The molecular weight excluding hydrogens is 390 g/mol. The third-order valence-electron chi connectivity index (χ3n) is 5.60. The van der Waals surface area contributed by atoms with Gasteiger partial charge in [-0.05, 0) is 61.3 Å². The van der Waals surface area contributed by atoms with Crippen molar-refractivity contribution in [1.29, 1.82) is 0 Å².